The minimum Gasteiger partial charge on any atom is -0.144 e. The fourth-order valence-corrected chi connectivity index (χ4v) is 4.06. The Morgan fingerprint density at radius 2 is 1.80 bits per heavy atom. The van der Waals surface area contributed by atoms with Gasteiger partial charge >= 0.3 is 0 Å². The fraction of sp³-hybridized carbons (Fsp3) is 0.444. The maximum absolute atomic E-state index is 3.87. The summed E-state index contributed by atoms with van der Waals surface area (Å²) in [4.78, 5) is 3.29. The molecule has 0 saturated carbocycles. The Morgan fingerprint density at radius 3 is 2.40 bits per heavy atom. The first-order chi connectivity index (χ1) is 9.27. The van der Waals surface area contributed by atoms with Crippen molar-refractivity contribution in [2.45, 2.75) is 51.3 Å². The highest BCUT2D eigenvalue weighted by Gasteiger charge is 2.19. The summed E-state index contributed by atoms with van der Waals surface area (Å²) in [6, 6.07) is 11.3. The molecule has 0 aliphatic carbocycles. The van der Waals surface area contributed by atoms with Gasteiger partial charge in [0.1, 0.15) is 0 Å². The predicted octanol–water partition coefficient (Wildman–Crippen LogP) is 6.34. The van der Waals surface area contributed by atoms with Crippen LogP contribution in [0, 0.1) is 13.8 Å². The van der Waals surface area contributed by atoms with Crippen LogP contribution in [0.5, 0.6) is 0 Å². The molecule has 1 aromatic carbocycles. The topological polar surface area (TPSA) is 0 Å². The summed E-state index contributed by atoms with van der Waals surface area (Å²) in [5, 5.41) is 0. The molecule has 0 aliphatic heterocycles. The molecule has 0 spiro atoms. The van der Waals surface area contributed by atoms with Crippen LogP contribution in [0.3, 0.4) is 0 Å². The Labute approximate surface area is 135 Å². The van der Waals surface area contributed by atoms with Crippen LogP contribution < -0.4 is 0 Å². The van der Waals surface area contributed by atoms with Crippen molar-refractivity contribution in [3.05, 3.63) is 56.8 Å². The number of rotatable bonds is 3. The highest BCUT2D eigenvalue weighted by Crippen LogP contribution is 2.37. The first kappa shape index (κ1) is 15.8. The maximum Gasteiger partial charge on any atom is 0.0529 e. The van der Waals surface area contributed by atoms with E-state index in [0.29, 0.717) is 4.83 Å². The molecule has 0 amide bonds. The second kappa shape index (κ2) is 6.03. The molecule has 2 aromatic rings. The van der Waals surface area contributed by atoms with Gasteiger partial charge in [0, 0.05) is 9.75 Å². The van der Waals surface area contributed by atoms with E-state index in [9.17, 15) is 0 Å². The summed E-state index contributed by atoms with van der Waals surface area (Å²) in [7, 11) is 0. The standard InChI is InChI=1S/C18H23BrS/c1-12-6-7-13(2)14(10-12)11-15(19)16-8-9-17(20-16)18(3,4)5/h6-10,15H,11H2,1-5H3. The number of halogens is 1. The molecule has 2 heteroatoms. The normalized spacial score (nSPS) is 13.5. The van der Waals surface area contributed by atoms with Gasteiger partial charge in [-0.2, -0.15) is 0 Å². The SMILES string of the molecule is Cc1ccc(C)c(CC(Br)c2ccc(C(C)(C)C)s2)c1. The van der Waals surface area contributed by atoms with Gasteiger partial charge in [0.15, 0.2) is 0 Å². The van der Waals surface area contributed by atoms with Crippen LogP contribution in [-0.2, 0) is 11.8 Å². The third-order valence-corrected chi connectivity index (χ3v) is 6.32. The zero-order chi connectivity index (χ0) is 14.9. The first-order valence-corrected chi connectivity index (χ1v) is 8.81. The van der Waals surface area contributed by atoms with E-state index in [-0.39, 0.29) is 5.41 Å². The molecule has 0 N–H and O–H groups in total. The van der Waals surface area contributed by atoms with Crippen LogP contribution in [0.15, 0.2) is 30.3 Å². The molecule has 1 atom stereocenters. The van der Waals surface area contributed by atoms with E-state index in [4.69, 9.17) is 0 Å². The van der Waals surface area contributed by atoms with E-state index >= 15 is 0 Å². The zero-order valence-electron chi connectivity index (χ0n) is 13.0. The third-order valence-electron chi connectivity index (χ3n) is 3.58. The van der Waals surface area contributed by atoms with Gasteiger partial charge in [-0.25, -0.2) is 0 Å². The quantitative estimate of drug-likeness (QED) is 0.566. The molecule has 0 fully saturated rings. The number of thiophene rings is 1. The van der Waals surface area contributed by atoms with Gasteiger partial charge in [0.25, 0.3) is 0 Å². The Bertz CT molecular complexity index is 590. The average Bonchev–Trinajstić information content (AvgIpc) is 2.83. The van der Waals surface area contributed by atoms with E-state index in [1.165, 1.54) is 26.4 Å². The zero-order valence-corrected chi connectivity index (χ0v) is 15.4. The van der Waals surface area contributed by atoms with Gasteiger partial charge in [0.2, 0.25) is 0 Å². The molecule has 0 saturated heterocycles. The molecule has 108 valence electrons. The van der Waals surface area contributed by atoms with E-state index in [1.54, 1.807) is 0 Å². The van der Waals surface area contributed by atoms with Crippen molar-refractivity contribution >= 4 is 27.3 Å². The van der Waals surface area contributed by atoms with Gasteiger partial charge in [-0.3, -0.25) is 0 Å². The van der Waals surface area contributed by atoms with E-state index in [1.807, 2.05) is 11.3 Å². The summed E-state index contributed by atoms with van der Waals surface area (Å²) >= 11 is 5.80. The largest absolute Gasteiger partial charge is 0.144 e. The molecule has 1 heterocycles. The molecule has 0 radical (unpaired) electrons. The fourth-order valence-electron chi connectivity index (χ4n) is 2.24. The third kappa shape index (κ3) is 3.73. The first-order valence-electron chi connectivity index (χ1n) is 7.08. The number of alkyl halides is 1. The molecule has 1 unspecified atom stereocenters. The van der Waals surface area contributed by atoms with Crippen molar-refractivity contribution in [2.24, 2.45) is 0 Å². The van der Waals surface area contributed by atoms with Crippen molar-refractivity contribution < 1.29 is 0 Å². The lowest BCUT2D eigenvalue weighted by molar-refractivity contribution is 0.604. The van der Waals surface area contributed by atoms with Gasteiger partial charge in [0.05, 0.1) is 4.83 Å². The van der Waals surface area contributed by atoms with E-state index < -0.39 is 0 Å². The molecular formula is C18H23BrS. The predicted molar refractivity (Wildman–Crippen MR) is 94.3 cm³/mol. The van der Waals surface area contributed by atoms with Crippen LogP contribution in [0.1, 0.15) is 52.0 Å². The molecule has 1 aromatic heterocycles. The number of hydrogen-bond donors (Lipinski definition) is 0. The van der Waals surface area contributed by atoms with Crippen LogP contribution in [0.25, 0.3) is 0 Å². The monoisotopic (exact) mass is 350 g/mol. The maximum atomic E-state index is 3.87. The van der Waals surface area contributed by atoms with E-state index in [2.05, 4.69) is 80.9 Å². The molecule has 0 nitrogen and oxygen atoms in total. The van der Waals surface area contributed by atoms with Gasteiger partial charge in [-0.1, -0.05) is 60.5 Å². The van der Waals surface area contributed by atoms with Crippen LogP contribution in [0.4, 0.5) is 0 Å². The Balaban J connectivity index is 2.18. The van der Waals surface area contributed by atoms with Crippen molar-refractivity contribution in [1.29, 1.82) is 0 Å². The van der Waals surface area contributed by atoms with E-state index in [0.717, 1.165) is 6.42 Å². The molecule has 0 bridgehead atoms. The second-order valence-corrected chi connectivity index (χ2v) is 8.77. The minimum absolute atomic E-state index is 0.245. The average molecular weight is 351 g/mol. The lowest BCUT2D eigenvalue weighted by Gasteiger charge is -2.16. The van der Waals surface area contributed by atoms with Gasteiger partial charge in [-0.15, -0.1) is 11.3 Å². The van der Waals surface area contributed by atoms with Crippen LogP contribution in [-0.4, -0.2) is 0 Å². The lowest BCUT2D eigenvalue weighted by Crippen LogP contribution is -2.07. The molecule has 2 rings (SSSR count). The smallest absolute Gasteiger partial charge is 0.0529 e. The van der Waals surface area contributed by atoms with Crippen LogP contribution in [0.2, 0.25) is 0 Å². The summed E-state index contributed by atoms with van der Waals surface area (Å²) in [5.74, 6) is 0. The highest BCUT2D eigenvalue weighted by molar-refractivity contribution is 9.09. The summed E-state index contributed by atoms with van der Waals surface area (Å²) in [5.41, 5.74) is 4.41. The Kier molecular flexibility index (Phi) is 4.76. The van der Waals surface area contributed by atoms with Crippen LogP contribution >= 0.6 is 27.3 Å². The molecule has 20 heavy (non-hydrogen) atoms. The minimum atomic E-state index is 0.245. The summed E-state index contributed by atoms with van der Waals surface area (Å²) < 4.78 is 0. The second-order valence-electron chi connectivity index (χ2n) is 6.55. The van der Waals surface area contributed by atoms with Crippen molar-refractivity contribution in [3.8, 4) is 0 Å². The van der Waals surface area contributed by atoms with Gasteiger partial charge < -0.3 is 0 Å². The number of benzene rings is 1. The number of hydrogen-bond acceptors (Lipinski definition) is 1. The highest BCUT2D eigenvalue weighted by atomic mass is 79.9. The van der Waals surface area contributed by atoms with Crippen molar-refractivity contribution in [2.75, 3.05) is 0 Å². The Morgan fingerprint density at radius 1 is 1.10 bits per heavy atom. The lowest BCUT2D eigenvalue weighted by atomic mass is 9.95. The Hall–Kier alpha value is -0.600. The molecular weight excluding hydrogens is 328 g/mol. The van der Waals surface area contributed by atoms with Gasteiger partial charge in [-0.05, 0) is 48.9 Å². The van der Waals surface area contributed by atoms with Crippen molar-refractivity contribution in [3.63, 3.8) is 0 Å². The summed E-state index contributed by atoms with van der Waals surface area (Å²) in [6.07, 6.45) is 1.05. The number of aryl methyl sites for hydroxylation is 2. The molecule has 0 aliphatic rings. The summed E-state index contributed by atoms with van der Waals surface area (Å²) in [6.45, 7) is 11.2. The van der Waals surface area contributed by atoms with Crippen molar-refractivity contribution in [1.82, 2.24) is 0 Å².